The molecule has 6 fully saturated rings. The fraction of sp³-hybridized carbons (Fsp3) is 0.784. The summed E-state index contributed by atoms with van der Waals surface area (Å²) < 4.78 is 12.1. The van der Waals surface area contributed by atoms with Crippen LogP contribution in [0.4, 0.5) is 0 Å². The van der Waals surface area contributed by atoms with Gasteiger partial charge in [0.15, 0.2) is 0 Å². The summed E-state index contributed by atoms with van der Waals surface area (Å²) in [6, 6.07) is 9.09. The van der Waals surface area contributed by atoms with Crippen molar-refractivity contribution >= 4 is 11.9 Å². The Labute approximate surface area is 257 Å². The van der Waals surface area contributed by atoms with E-state index in [1.54, 1.807) is 12.1 Å². The summed E-state index contributed by atoms with van der Waals surface area (Å²) in [5.74, 6) is 0.504. The molecule has 0 spiro atoms. The normalized spacial score (nSPS) is 49.5. The number of aliphatic hydroxyl groups is 1. The molecule has 236 valence electrons. The second kappa shape index (κ2) is 9.55. The van der Waals surface area contributed by atoms with Crippen molar-refractivity contribution in [2.75, 3.05) is 13.2 Å². The van der Waals surface area contributed by atoms with Crippen LogP contribution in [-0.4, -0.2) is 47.1 Å². The Bertz CT molecular complexity index is 1290. The summed E-state index contributed by atoms with van der Waals surface area (Å²) >= 11 is 0. The van der Waals surface area contributed by atoms with E-state index in [4.69, 9.17) is 9.47 Å². The van der Waals surface area contributed by atoms with E-state index in [0.717, 1.165) is 57.8 Å². The van der Waals surface area contributed by atoms with Gasteiger partial charge >= 0.3 is 11.9 Å². The van der Waals surface area contributed by atoms with E-state index in [-0.39, 0.29) is 52.2 Å². The maximum absolute atomic E-state index is 13.2. The molecule has 11 atom stereocenters. The molecule has 0 amide bonds. The first-order valence-corrected chi connectivity index (χ1v) is 17.0. The molecular weight excluding hydrogens is 540 g/mol. The summed E-state index contributed by atoms with van der Waals surface area (Å²) in [4.78, 5) is 26.1. The van der Waals surface area contributed by atoms with Crippen molar-refractivity contribution in [3.63, 3.8) is 0 Å². The lowest BCUT2D eigenvalue weighted by Gasteiger charge is -2.72. The van der Waals surface area contributed by atoms with Crippen LogP contribution in [0.1, 0.15) is 109 Å². The van der Waals surface area contributed by atoms with Crippen molar-refractivity contribution in [2.24, 2.45) is 56.7 Å². The number of carboxylic acids is 1. The highest BCUT2D eigenvalue weighted by Gasteiger charge is 2.74. The van der Waals surface area contributed by atoms with Gasteiger partial charge in [-0.25, -0.2) is 4.79 Å². The van der Waals surface area contributed by atoms with E-state index in [1.165, 1.54) is 0 Å². The summed E-state index contributed by atoms with van der Waals surface area (Å²) in [5, 5.41) is 21.9. The number of aliphatic carboxylic acids is 1. The molecule has 0 radical (unpaired) electrons. The van der Waals surface area contributed by atoms with Gasteiger partial charge in [0.25, 0.3) is 0 Å². The molecule has 6 nitrogen and oxygen atoms in total. The SMILES string of the molecule is CC1(C)[C@H](O)CC[C@]2(C)[C@H]3CCC4[C@@H]5[C@H](C6(COC(=O)c7ccccc7)CO6)CC[C@]5(C(=O)O)CC[C@@]4(C)[C@]3(C)CC[C@@H]12. The molecular formula is C37H52O6. The van der Waals surface area contributed by atoms with Crippen molar-refractivity contribution in [3.05, 3.63) is 35.9 Å². The van der Waals surface area contributed by atoms with Gasteiger partial charge in [0.05, 0.1) is 23.7 Å². The third-order valence-electron chi connectivity index (χ3n) is 15.5. The zero-order chi connectivity index (χ0) is 30.6. The lowest BCUT2D eigenvalue weighted by Crippen LogP contribution is -2.67. The quantitative estimate of drug-likeness (QED) is 0.279. The van der Waals surface area contributed by atoms with Crippen molar-refractivity contribution in [3.8, 4) is 0 Å². The van der Waals surface area contributed by atoms with Crippen LogP contribution in [0.15, 0.2) is 30.3 Å². The number of epoxide rings is 1. The fourth-order valence-electron chi connectivity index (χ4n) is 12.9. The van der Waals surface area contributed by atoms with Gasteiger partial charge in [-0.3, -0.25) is 4.79 Å². The number of rotatable bonds is 5. The zero-order valence-electron chi connectivity index (χ0n) is 26.9. The fourth-order valence-corrected chi connectivity index (χ4v) is 12.9. The second-order valence-corrected chi connectivity index (χ2v) is 17.0. The Morgan fingerprint density at radius 2 is 1.56 bits per heavy atom. The molecule has 2 N–H and O–H groups in total. The monoisotopic (exact) mass is 592 g/mol. The zero-order valence-corrected chi connectivity index (χ0v) is 26.9. The molecule has 0 aromatic heterocycles. The Hall–Kier alpha value is -1.92. The number of hydrogen-bond donors (Lipinski definition) is 2. The van der Waals surface area contributed by atoms with E-state index in [2.05, 4.69) is 34.6 Å². The topological polar surface area (TPSA) is 96.4 Å². The lowest BCUT2D eigenvalue weighted by atomic mass is 9.32. The smallest absolute Gasteiger partial charge is 0.338 e. The molecule has 0 bridgehead atoms. The summed E-state index contributed by atoms with van der Waals surface area (Å²) in [5.41, 5.74) is -0.508. The second-order valence-electron chi connectivity index (χ2n) is 17.0. The van der Waals surface area contributed by atoms with Gasteiger partial charge in [0, 0.05) is 0 Å². The van der Waals surface area contributed by atoms with E-state index >= 15 is 0 Å². The van der Waals surface area contributed by atoms with Gasteiger partial charge in [0.2, 0.25) is 0 Å². The molecule has 6 heteroatoms. The van der Waals surface area contributed by atoms with Crippen molar-refractivity contribution in [1.29, 1.82) is 0 Å². The number of carbonyl (C=O) groups is 2. The minimum Gasteiger partial charge on any atom is -0.481 e. The molecule has 6 aliphatic rings. The molecule has 43 heavy (non-hydrogen) atoms. The highest BCUT2D eigenvalue weighted by atomic mass is 16.6. The molecule has 1 aromatic carbocycles. The van der Waals surface area contributed by atoms with Crippen molar-refractivity contribution < 1.29 is 29.3 Å². The molecule has 1 aliphatic heterocycles. The van der Waals surface area contributed by atoms with Crippen molar-refractivity contribution in [1.82, 2.24) is 0 Å². The van der Waals surface area contributed by atoms with Crippen LogP contribution < -0.4 is 0 Å². The van der Waals surface area contributed by atoms with Gasteiger partial charge in [-0.05, 0) is 128 Å². The predicted molar refractivity (Wildman–Crippen MR) is 163 cm³/mol. The minimum absolute atomic E-state index is 0.0228. The van der Waals surface area contributed by atoms with E-state index in [1.807, 2.05) is 18.2 Å². The Morgan fingerprint density at radius 3 is 2.23 bits per heavy atom. The van der Waals surface area contributed by atoms with Gasteiger partial charge in [-0.15, -0.1) is 0 Å². The number of esters is 1. The van der Waals surface area contributed by atoms with Crippen molar-refractivity contribution in [2.45, 2.75) is 111 Å². The van der Waals surface area contributed by atoms with Crippen LogP contribution in [0.2, 0.25) is 0 Å². The number of aliphatic hydroxyl groups excluding tert-OH is 1. The lowest BCUT2D eigenvalue weighted by molar-refractivity contribution is -0.250. The maximum Gasteiger partial charge on any atom is 0.338 e. The summed E-state index contributed by atoms with van der Waals surface area (Å²) in [6.45, 7) is 12.9. The molecule has 5 aliphatic carbocycles. The number of hydrogen-bond acceptors (Lipinski definition) is 5. The molecule has 5 saturated carbocycles. The highest BCUT2D eigenvalue weighted by molar-refractivity contribution is 5.89. The van der Waals surface area contributed by atoms with Crippen LogP contribution >= 0.6 is 0 Å². The van der Waals surface area contributed by atoms with Crippen LogP contribution in [0, 0.1) is 56.7 Å². The van der Waals surface area contributed by atoms with Gasteiger partial charge < -0.3 is 19.7 Å². The van der Waals surface area contributed by atoms with Crippen LogP contribution in [0.25, 0.3) is 0 Å². The number of ether oxygens (including phenoxy) is 2. The van der Waals surface area contributed by atoms with E-state index in [9.17, 15) is 19.8 Å². The van der Waals surface area contributed by atoms with Gasteiger partial charge in [0.1, 0.15) is 12.2 Å². The maximum atomic E-state index is 13.2. The Morgan fingerprint density at radius 1 is 0.837 bits per heavy atom. The molecule has 1 saturated heterocycles. The molecule has 1 aromatic rings. The van der Waals surface area contributed by atoms with Crippen LogP contribution in [0.3, 0.4) is 0 Å². The Balaban J connectivity index is 1.20. The first kappa shape index (κ1) is 29.8. The largest absolute Gasteiger partial charge is 0.481 e. The number of benzene rings is 1. The molecule has 2 unspecified atom stereocenters. The number of carbonyl (C=O) groups excluding carboxylic acids is 1. The third kappa shape index (κ3) is 3.90. The molecule has 7 rings (SSSR count). The van der Waals surface area contributed by atoms with Gasteiger partial charge in [-0.1, -0.05) is 52.8 Å². The van der Waals surface area contributed by atoms with Crippen LogP contribution in [0.5, 0.6) is 0 Å². The summed E-state index contributed by atoms with van der Waals surface area (Å²) in [6.07, 6.45) is 9.38. The average molecular weight is 593 g/mol. The summed E-state index contributed by atoms with van der Waals surface area (Å²) in [7, 11) is 0. The van der Waals surface area contributed by atoms with E-state index < -0.39 is 17.0 Å². The van der Waals surface area contributed by atoms with Gasteiger partial charge in [-0.2, -0.15) is 0 Å². The third-order valence-corrected chi connectivity index (χ3v) is 15.5. The number of fused-ring (bicyclic) bond motifs is 7. The first-order chi connectivity index (χ1) is 20.3. The standard InChI is InChI=1S/C37H52O6/c1-32(2)26-14-17-35(5)27(33(26,3)16-15-28(32)38)12-11-24-29-25(13-18-36(29,31(40)41)20-19-34(24,35)4)37(22-43-37)21-42-30(39)23-9-7-6-8-10-23/h6-10,24-29,38H,11-22H2,1-5H3,(H,40,41)/t24?,25-,26+,27-,28-,29-,33+,34-,35-,36+,37?/m1/s1. The van der Waals surface area contributed by atoms with E-state index in [0.29, 0.717) is 36.3 Å². The average Bonchev–Trinajstić information content (AvgIpc) is 3.65. The number of carboxylic acid groups (broad SMARTS) is 1. The predicted octanol–water partition coefficient (Wildman–Crippen LogP) is 7.14. The first-order valence-electron chi connectivity index (χ1n) is 17.0. The highest BCUT2D eigenvalue weighted by Crippen LogP contribution is 2.78. The minimum atomic E-state index is -0.724. The molecule has 1 heterocycles. The van der Waals surface area contributed by atoms with Crippen LogP contribution in [-0.2, 0) is 14.3 Å². The Kier molecular flexibility index (Phi) is 6.61.